The highest BCUT2D eigenvalue weighted by molar-refractivity contribution is 6.08. The summed E-state index contributed by atoms with van der Waals surface area (Å²) in [6, 6.07) is 7.76. The van der Waals surface area contributed by atoms with Crippen molar-refractivity contribution in [1.29, 1.82) is 0 Å². The van der Waals surface area contributed by atoms with E-state index >= 15 is 0 Å². The highest BCUT2D eigenvalue weighted by Crippen LogP contribution is 2.29. The molecule has 6 rings (SSSR count). The molecular formula is C25H29N9O3. The van der Waals surface area contributed by atoms with E-state index in [1.165, 1.54) is 0 Å². The van der Waals surface area contributed by atoms with Crippen LogP contribution in [0.25, 0.3) is 22.5 Å². The number of aromatic nitrogens is 5. The van der Waals surface area contributed by atoms with E-state index in [2.05, 4.69) is 37.2 Å². The third-order valence-corrected chi connectivity index (χ3v) is 6.67. The molecule has 0 bridgehead atoms. The van der Waals surface area contributed by atoms with E-state index in [4.69, 9.17) is 14.1 Å². The van der Waals surface area contributed by atoms with Crippen molar-refractivity contribution in [3.8, 4) is 11.3 Å². The van der Waals surface area contributed by atoms with Gasteiger partial charge in [-0.15, -0.1) is 0 Å². The predicted octanol–water partition coefficient (Wildman–Crippen LogP) is 1.86. The second-order valence-corrected chi connectivity index (χ2v) is 9.33. The van der Waals surface area contributed by atoms with Gasteiger partial charge in [-0.2, -0.15) is 10.1 Å². The molecule has 6 heterocycles. The number of ether oxygens (including phenoxy) is 1. The molecule has 2 fully saturated rings. The Morgan fingerprint density at radius 3 is 2.54 bits per heavy atom. The zero-order valence-corrected chi connectivity index (χ0v) is 20.9. The highest BCUT2D eigenvalue weighted by Gasteiger charge is 2.26. The van der Waals surface area contributed by atoms with E-state index in [0.717, 1.165) is 37.4 Å². The van der Waals surface area contributed by atoms with Crippen LogP contribution in [0.1, 0.15) is 10.4 Å². The van der Waals surface area contributed by atoms with Crippen LogP contribution in [0.15, 0.2) is 41.1 Å². The van der Waals surface area contributed by atoms with Gasteiger partial charge in [0.1, 0.15) is 11.6 Å². The number of aryl methyl sites for hydroxylation is 1. The molecule has 192 valence electrons. The molecule has 4 aromatic rings. The van der Waals surface area contributed by atoms with Crippen LogP contribution in [-0.4, -0.2) is 95.1 Å². The molecule has 1 N–H and O–H groups in total. The molecular weight excluding hydrogens is 474 g/mol. The van der Waals surface area contributed by atoms with Gasteiger partial charge >= 0.3 is 0 Å². The molecule has 2 aliphatic heterocycles. The van der Waals surface area contributed by atoms with E-state index in [-0.39, 0.29) is 5.91 Å². The first kappa shape index (κ1) is 23.4. The van der Waals surface area contributed by atoms with Crippen molar-refractivity contribution in [3.63, 3.8) is 0 Å². The Morgan fingerprint density at radius 1 is 0.973 bits per heavy atom. The van der Waals surface area contributed by atoms with Gasteiger partial charge in [0.05, 0.1) is 30.7 Å². The lowest BCUT2D eigenvalue weighted by molar-refractivity contribution is 0.102. The van der Waals surface area contributed by atoms with Crippen LogP contribution < -0.4 is 15.1 Å². The summed E-state index contributed by atoms with van der Waals surface area (Å²) >= 11 is 0. The number of amides is 1. The van der Waals surface area contributed by atoms with Crippen molar-refractivity contribution in [1.82, 2.24) is 29.6 Å². The van der Waals surface area contributed by atoms with Crippen LogP contribution in [0, 0.1) is 0 Å². The quantitative estimate of drug-likeness (QED) is 0.432. The zero-order valence-electron chi connectivity index (χ0n) is 20.9. The minimum atomic E-state index is -0.302. The molecule has 0 aliphatic carbocycles. The maximum absolute atomic E-state index is 13.6. The van der Waals surface area contributed by atoms with E-state index in [9.17, 15) is 4.79 Å². The van der Waals surface area contributed by atoms with E-state index < -0.39 is 0 Å². The van der Waals surface area contributed by atoms with Crippen molar-refractivity contribution in [3.05, 3.63) is 42.2 Å². The van der Waals surface area contributed by atoms with Crippen LogP contribution in [0.2, 0.25) is 0 Å². The lowest BCUT2D eigenvalue weighted by Gasteiger charge is -2.33. The summed E-state index contributed by atoms with van der Waals surface area (Å²) < 4.78 is 13.2. The summed E-state index contributed by atoms with van der Waals surface area (Å²) in [4.78, 5) is 34.1. The molecule has 0 saturated carbocycles. The highest BCUT2D eigenvalue weighted by atomic mass is 16.5. The Balaban J connectivity index is 1.34. The summed E-state index contributed by atoms with van der Waals surface area (Å²) in [5.74, 6) is 0.745. The van der Waals surface area contributed by atoms with Gasteiger partial charge in [-0.3, -0.25) is 9.48 Å². The van der Waals surface area contributed by atoms with Gasteiger partial charge in [0.25, 0.3) is 11.9 Å². The van der Waals surface area contributed by atoms with Crippen molar-refractivity contribution in [2.45, 2.75) is 0 Å². The fourth-order valence-corrected chi connectivity index (χ4v) is 4.56. The van der Waals surface area contributed by atoms with Crippen molar-refractivity contribution >= 4 is 34.8 Å². The van der Waals surface area contributed by atoms with Gasteiger partial charge in [0.15, 0.2) is 5.58 Å². The topological polar surface area (TPSA) is 118 Å². The average molecular weight is 504 g/mol. The number of likely N-dealkylation sites (N-methyl/N-ethyl adjacent to an activating group) is 1. The number of rotatable bonds is 5. The lowest BCUT2D eigenvalue weighted by atomic mass is 10.2. The van der Waals surface area contributed by atoms with Crippen molar-refractivity contribution in [2.24, 2.45) is 7.05 Å². The molecule has 0 aromatic carbocycles. The summed E-state index contributed by atoms with van der Waals surface area (Å²) in [6.07, 6.45) is 3.63. The smallest absolute Gasteiger partial charge is 0.300 e. The Kier molecular flexibility index (Phi) is 6.18. The summed E-state index contributed by atoms with van der Waals surface area (Å²) in [7, 11) is 3.95. The number of nitrogens with zero attached hydrogens (tertiary/aromatic N) is 8. The number of nitrogens with one attached hydrogen (secondary N) is 1. The second kappa shape index (κ2) is 9.79. The van der Waals surface area contributed by atoms with Gasteiger partial charge in [-0.1, -0.05) is 6.07 Å². The van der Waals surface area contributed by atoms with Crippen molar-refractivity contribution < 1.29 is 13.9 Å². The van der Waals surface area contributed by atoms with E-state index in [1.54, 1.807) is 23.0 Å². The molecule has 2 aliphatic rings. The minimum absolute atomic E-state index is 0.302. The van der Waals surface area contributed by atoms with E-state index in [0.29, 0.717) is 60.7 Å². The standard InChI is InChI=1S/C25H29N9O3/c1-31-6-8-33(9-7-31)23-18(14-20-22(29-23)30-25(37-20)34-10-12-36-13-11-34)24(35)28-21-5-3-4-19(27-21)17-15-26-32(2)16-17/h3-5,14-16H,6-13H2,1-2H3,(H,27,28,35). The Hall–Kier alpha value is -4.03. The molecule has 0 spiro atoms. The van der Waals surface area contributed by atoms with Crippen LogP contribution in [-0.2, 0) is 11.8 Å². The van der Waals surface area contributed by atoms with Crippen molar-refractivity contribution in [2.75, 3.05) is 74.6 Å². The molecule has 12 heteroatoms. The third-order valence-electron chi connectivity index (χ3n) is 6.67. The number of hydrogen-bond donors (Lipinski definition) is 1. The maximum atomic E-state index is 13.6. The first-order valence-electron chi connectivity index (χ1n) is 12.4. The minimum Gasteiger partial charge on any atom is -0.422 e. The molecule has 2 saturated heterocycles. The number of morpholine rings is 1. The van der Waals surface area contributed by atoms with E-state index in [1.807, 2.05) is 30.3 Å². The summed E-state index contributed by atoms with van der Waals surface area (Å²) in [5.41, 5.74) is 2.99. The molecule has 12 nitrogen and oxygen atoms in total. The Morgan fingerprint density at radius 2 is 1.78 bits per heavy atom. The molecule has 37 heavy (non-hydrogen) atoms. The number of carbonyl (C=O) groups is 1. The molecule has 0 unspecified atom stereocenters. The van der Waals surface area contributed by atoms with Crippen LogP contribution in [0.3, 0.4) is 0 Å². The summed E-state index contributed by atoms with van der Waals surface area (Å²) in [6.45, 7) is 5.93. The van der Waals surface area contributed by atoms with Gasteiger partial charge in [0.2, 0.25) is 5.65 Å². The fourth-order valence-electron chi connectivity index (χ4n) is 4.56. The zero-order chi connectivity index (χ0) is 25.4. The number of pyridine rings is 2. The van der Waals surface area contributed by atoms with Gasteiger partial charge in [-0.25, -0.2) is 9.97 Å². The lowest BCUT2D eigenvalue weighted by Crippen LogP contribution is -2.45. The number of fused-ring (bicyclic) bond motifs is 1. The number of anilines is 3. The maximum Gasteiger partial charge on any atom is 0.300 e. The van der Waals surface area contributed by atoms with Gasteiger partial charge < -0.3 is 29.2 Å². The SMILES string of the molecule is CN1CCN(c2nc3nc(N4CCOCC4)oc3cc2C(=O)Nc2cccc(-c3cnn(C)c3)n2)CC1. The number of hydrogen-bond acceptors (Lipinski definition) is 10. The van der Waals surface area contributed by atoms with Crippen LogP contribution in [0.4, 0.5) is 17.7 Å². The normalized spacial score (nSPS) is 16.9. The Labute approximate surface area is 213 Å². The Bertz CT molecular complexity index is 1420. The number of carbonyl (C=O) groups excluding carboxylic acids is 1. The fraction of sp³-hybridized carbons (Fsp3) is 0.400. The molecule has 1 amide bonds. The number of oxazole rings is 1. The first-order valence-corrected chi connectivity index (χ1v) is 12.4. The van der Waals surface area contributed by atoms with Crippen LogP contribution in [0.5, 0.6) is 0 Å². The van der Waals surface area contributed by atoms with Gasteiger partial charge in [0, 0.05) is 64.1 Å². The van der Waals surface area contributed by atoms with Crippen LogP contribution >= 0.6 is 0 Å². The monoisotopic (exact) mass is 503 g/mol. The summed E-state index contributed by atoms with van der Waals surface area (Å²) in [5, 5.41) is 7.16. The molecule has 0 atom stereocenters. The number of piperazine rings is 1. The largest absolute Gasteiger partial charge is 0.422 e. The van der Waals surface area contributed by atoms with Gasteiger partial charge in [-0.05, 0) is 19.2 Å². The third kappa shape index (κ3) is 4.85. The molecule has 4 aromatic heterocycles. The predicted molar refractivity (Wildman–Crippen MR) is 139 cm³/mol. The second-order valence-electron chi connectivity index (χ2n) is 9.33. The molecule has 0 radical (unpaired) electrons. The average Bonchev–Trinajstić information content (AvgIpc) is 3.55. The first-order chi connectivity index (χ1) is 18.0.